The summed E-state index contributed by atoms with van der Waals surface area (Å²) in [5.41, 5.74) is 1.76. The second kappa shape index (κ2) is 8.01. The summed E-state index contributed by atoms with van der Waals surface area (Å²) in [6, 6.07) is 12.2. The van der Waals surface area contributed by atoms with E-state index < -0.39 is 11.7 Å². The third kappa shape index (κ3) is 4.51. The summed E-state index contributed by atoms with van der Waals surface area (Å²) in [6.45, 7) is 1.88. The summed E-state index contributed by atoms with van der Waals surface area (Å²) in [7, 11) is 1.54. The van der Waals surface area contributed by atoms with Crippen molar-refractivity contribution < 1.29 is 13.9 Å². The van der Waals surface area contributed by atoms with Gasteiger partial charge in [0, 0.05) is 16.7 Å². The van der Waals surface area contributed by atoms with Gasteiger partial charge >= 0.3 is 0 Å². The minimum absolute atomic E-state index is 0.195. The number of benzene rings is 2. The number of hydrogen-bond acceptors (Lipinski definition) is 5. The summed E-state index contributed by atoms with van der Waals surface area (Å²) in [4.78, 5) is 12.1. The quantitative estimate of drug-likeness (QED) is 0.671. The minimum Gasteiger partial charge on any atom is -0.495 e. The smallest absolute Gasteiger partial charge is 0.256 e. The van der Waals surface area contributed by atoms with E-state index in [4.69, 9.17) is 16.3 Å². The number of hydrogen-bond donors (Lipinski definition) is 2. The van der Waals surface area contributed by atoms with Crippen molar-refractivity contribution in [3.8, 4) is 5.75 Å². The monoisotopic (exact) mass is 386 g/mol. The van der Waals surface area contributed by atoms with E-state index in [9.17, 15) is 9.18 Å². The van der Waals surface area contributed by atoms with Crippen LogP contribution in [0.2, 0.25) is 5.02 Å². The van der Waals surface area contributed by atoms with Gasteiger partial charge in [-0.25, -0.2) is 4.39 Å². The number of methoxy groups -OCH3 is 1. The molecule has 2 aromatic carbocycles. The molecule has 27 heavy (non-hydrogen) atoms. The Hall–Kier alpha value is -3.19. The van der Waals surface area contributed by atoms with Gasteiger partial charge in [0.2, 0.25) is 0 Å². The van der Waals surface area contributed by atoms with Crippen LogP contribution in [-0.2, 0) is 0 Å². The first-order valence-electron chi connectivity index (χ1n) is 7.98. The molecule has 0 aliphatic rings. The maximum Gasteiger partial charge on any atom is 0.256 e. The van der Waals surface area contributed by atoms with Gasteiger partial charge in [-0.2, -0.15) is 0 Å². The average molecular weight is 387 g/mol. The maximum atomic E-state index is 13.2. The lowest BCUT2D eigenvalue weighted by molar-refractivity contribution is 0.102. The maximum absolute atomic E-state index is 13.2. The lowest BCUT2D eigenvalue weighted by atomic mass is 10.2. The number of carbonyl (C=O) groups is 1. The highest BCUT2D eigenvalue weighted by atomic mass is 35.5. The summed E-state index contributed by atoms with van der Waals surface area (Å²) in [5.74, 6) is 0.309. The van der Waals surface area contributed by atoms with E-state index >= 15 is 0 Å². The van der Waals surface area contributed by atoms with Gasteiger partial charge in [0.15, 0.2) is 11.6 Å². The fourth-order valence-corrected chi connectivity index (χ4v) is 2.51. The Morgan fingerprint density at radius 1 is 1.11 bits per heavy atom. The van der Waals surface area contributed by atoms with Crippen LogP contribution in [0.4, 0.5) is 21.7 Å². The SMILES string of the molecule is COc1cc(Cl)c(C)cc1Nc1ccc(NC(=O)c2cccc(F)c2)nn1. The Bertz CT molecular complexity index is 980. The molecule has 3 rings (SSSR count). The first kappa shape index (κ1) is 18.6. The number of carbonyl (C=O) groups excluding carboxylic acids is 1. The molecule has 0 radical (unpaired) electrons. The van der Waals surface area contributed by atoms with Crippen LogP contribution in [0.15, 0.2) is 48.5 Å². The first-order valence-corrected chi connectivity index (χ1v) is 8.36. The van der Waals surface area contributed by atoms with Gasteiger partial charge in [0.1, 0.15) is 11.6 Å². The topological polar surface area (TPSA) is 76.1 Å². The van der Waals surface area contributed by atoms with Gasteiger partial charge in [-0.15, -0.1) is 10.2 Å². The summed E-state index contributed by atoms with van der Waals surface area (Å²) < 4.78 is 18.5. The van der Waals surface area contributed by atoms with E-state index in [1.54, 1.807) is 25.3 Å². The van der Waals surface area contributed by atoms with Gasteiger partial charge in [0.05, 0.1) is 12.8 Å². The van der Waals surface area contributed by atoms with Crippen LogP contribution in [0, 0.1) is 12.7 Å². The van der Waals surface area contributed by atoms with Crippen molar-refractivity contribution >= 4 is 34.8 Å². The van der Waals surface area contributed by atoms with E-state index in [1.165, 1.54) is 18.2 Å². The zero-order valence-electron chi connectivity index (χ0n) is 14.6. The molecule has 0 saturated heterocycles. The number of halogens is 2. The minimum atomic E-state index is -0.486. The van der Waals surface area contributed by atoms with Crippen molar-refractivity contribution in [2.45, 2.75) is 6.92 Å². The number of anilines is 3. The molecule has 0 atom stereocenters. The number of amides is 1. The summed E-state index contributed by atoms with van der Waals surface area (Å²) in [6.07, 6.45) is 0. The molecule has 0 bridgehead atoms. The molecule has 8 heteroatoms. The summed E-state index contributed by atoms with van der Waals surface area (Å²) >= 11 is 6.10. The molecule has 1 heterocycles. The van der Waals surface area contributed by atoms with Crippen molar-refractivity contribution in [2.24, 2.45) is 0 Å². The number of rotatable bonds is 5. The second-order valence-corrected chi connectivity index (χ2v) is 6.10. The van der Waals surface area contributed by atoms with Crippen molar-refractivity contribution in [1.29, 1.82) is 0 Å². The molecule has 3 aromatic rings. The van der Waals surface area contributed by atoms with Crippen molar-refractivity contribution in [3.05, 3.63) is 70.5 Å². The van der Waals surface area contributed by atoms with E-state index in [1.807, 2.05) is 13.0 Å². The molecular formula is C19H16ClFN4O2. The molecule has 0 saturated carbocycles. The van der Waals surface area contributed by atoms with Gasteiger partial charge in [-0.1, -0.05) is 17.7 Å². The predicted molar refractivity (Wildman–Crippen MR) is 102 cm³/mol. The average Bonchev–Trinajstić information content (AvgIpc) is 2.66. The lowest BCUT2D eigenvalue weighted by Gasteiger charge is -2.12. The second-order valence-electron chi connectivity index (χ2n) is 5.69. The number of aryl methyl sites for hydroxylation is 1. The molecule has 1 aromatic heterocycles. The Balaban J connectivity index is 1.72. The molecule has 138 valence electrons. The van der Waals surface area contributed by atoms with Crippen LogP contribution in [0.5, 0.6) is 5.75 Å². The summed E-state index contributed by atoms with van der Waals surface area (Å²) in [5, 5.41) is 14.2. The van der Waals surface area contributed by atoms with Gasteiger partial charge in [-0.05, 0) is 48.9 Å². The number of aromatic nitrogens is 2. The Morgan fingerprint density at radius 3 is 2.52 bits per heavy atom. The van der Waals surface area contributed by atoms with Crippen LogP contribution in [0.1, 0.15) is 15.9 Å². The Labute approximate surface area is 160 Å². The first-order chi connectivity index (χ1) is 13.0. The Morgan fingerprint density at radius 2 is 1.85 bits per heavy atom. The van der Waals surface area contributed by atoms with Gasteiger partial charge in [-0.3, -0.25) is 4.79 Å². The van der Waals surface area contributed by atoms with Crippen molar-refractivity contribution in [2.75, 3.05) is 17.7 Å². The largest absolute Gasteiger partial charge is 0.495 e. The highest BCUT2D eigenvalue weighted by Crippen LogP contribution is 2.32. The molecule has 0 fully saturated rings. The van der Waals surface area contributed by atoms with E-state index in [0.29, 0.717) is 22.3 Å². The number of ether oxygens (including phenoxy) is 1. The molecule has 0 unspecified atom stereocenters. The molecule has 0 aliphatic heterocycles. The van der Waals surface area contributed by atoms with E-state index in [2.05, 4.69) is 20.8 Å². The number of nitrogens with one attached hydrogen (secondary N) is 2. The molecular weight excluding hydrogens is 371 g/mol. The fraction of sp³-hybridized carbons (Fsp3) is 0.105. The van der Waals surface area contributed by atoms with E-state index in [-0.39, 0.29) is 11.4 Å². The third-order valence-corrected chi connectivity index (χ3v) is 4.14. The van der Waals surface area contributed by atoms with Crippen LogP contribution < -0.4 is 15.4 Å². The Kier molecular flexibility index (Phi) is 5.52. The third-order valence-electron chi connectivity index (χ3n) is 3.74. The van der Waals surface area contributed by atoms with Crippen LogP contribution in [0.25, 0.3) is 0 Å². The zero-order chi connectivity index (χ0) is 19.4. The standard InChI is InChI=1S/C19H16ClFN4O2/c1-11-8-15(16(27-2)10-14(11)20)22-17-6-7-18(25-24-17)23-19(26)12-4-3-5-13(21)9-12/h3-10H,1-2H3,(H,22,24)(H,23,25,26). The molecule has 6 nitrogen and oxygen atoms in total. The van der Waals surface area contributed by atoms with Crippen molar-refractivity contribution in [3.63, 3.8) is 0 Å². The van der Waals surface area contributed by atoms with Gasteiger partial charge in [0.25, 0.3) is 5.91 Å². The molecule has 0 spiro atoms. The zero-order valence-corrected chi connectivity index (χ0v) is 15.3. The highest BCUT2D eigenvalue weighted by molar-refractivity contribution is 6.31. The predicted octanol–water partition coefficient (Wildman–Crippen LogP) is 4.58. The van der Waals surface area contributed by atoms with Crippen LogP contribution >= 0.6 is 11.6 Å². The molecule has 0 aliphatic carbocycles. The van der Waals surface area contributed by atoms with E-state index in [0.717, 1.165) is 11.6 Å². The number of nitrogens with zero attached hydrogens (tertiary/aromatic N) is 2. The van der Waals surface area contributed by atoms with Gasteiger partial charge < -0.3 is 15.4 Å². The highest BCUT2D eigenvalue weighted by Gasteiger charge is 2.10. The van der Waals surface area contributed by atoms with Crippen molar-refractivity contribution in [1.82, 2.24) is 10.2 Å². The fourth-order valence-electron chi connectivity index (χ4n) is 2.35. The molecule has 2 N–H and O–H groups in total. The molecule has 1 amide bonds. The lowest BCUT2D eigenvalue weighted by Crippen LogP contribution is -2.13. The normalized spacial score (nSPS) is 10.4. The van der Waals surface area contributed by atoms with Crippen LogP contribution in [-0.4, -0.2) is 23.2 Å². The van der Waals surface area contributed by atoms with Crippen LogP contribution in [0.3, 0.4) is 0 Å².